The lowest BCUT2D eigenvalue weighted by Gasteiger charge is -2.14. The number of ether oxygens (including phenoxy) is 1. The summed E-state index contributed by atoms with van der Waals surface area (Å²) in [6.07, 6.45) is 1.82. The molecule has 2 N–H and O–H groups in total. The van der Waals surface area contributed by atoms with E-state index in [2.05, 4.69) is 10.7 Å². The Morgan fingerprint density at radius 2 is 1.71 bits per heavy atom. The largest absolute Gasteiger partial charge is 0.497 e. The molecule has 1 fully saturated rings. The predicted molar refractivity (Wildman–Crippen MR) is 118 cm³/mol. The van der Waals surface area contributed by atoms with E-state index >= 15 is 0 Å². The van der Waals surface area contributed by atoms with Gasteiger partial charge in [0, 0.05) is 21.7 Å². The Bertz CT molecular complexity index is 1110. The molecule has 3 aromatic rings. The van der Waals surface area contributed by atoms with Crippen LogP contribution < -0.4 is 15.5 Å². The zero-order chi connectivity index (χ0) is 21.8. The smallest absolute Gasteiger partial charge is 0.304 e. The van der Waals surface area contributed by atoms with Crippen molar-refractivity contribution in [3.05, 3.63) is 101 Å². The third-order valence-electron chi connectivity index (χ3n) is 5.08. The number of halogens is 1. The molecule has 1 aliphatic rings. The summed E-state index contributed by atoms with van der Waals surface area (Å²) in [6.45, 7) is 0. The fourth-order valence-electron chi connectivity index (χ4n) is 3.51. The van der Waals surface area contributed by atoms with Crippen molar-refractivity contribution >= 4 is 29.6 Å². The van der Waals surface area contributed by atoms with Crippen LogP contribution in [0.25, 0.3) is 0 Å². The molecule has 3 aromatic carbocycles. The fraction of sp³-hybridized carbons (Fsp3) is 0.125. The van der Waals surface area contributed by atoms with Crippen LogP contribution >= 0.6 is 11.6 Å². The summed E-state index contributed by atoms with van der Waals surface area (Å²) in [7, 11) is 1.56. The fourth-order valence-corrected chi connectivity index (χ4v) is 3.63. The summed E-state index contributed by atoms with van der Waals surface area (Å²) in [5, 5.41) is 3.51. The number of hydrazone groups is 1. The highest BCUT2D eigenvalue weighted by Gasteiger charge is 2.47. The maximum Gasteiger partial charge on any atom is 0.304 e. The second kappa shape index (κ2) is 9.02. The molecule has 2 amide bonds. The first-order valence-corrected chi connectivity index (χ1v) is 10.1. The molecular weight excluding hydrogens is 414 g/mol. The van der Waals surface area contributed by atoms with Gasteiger partial charge in [-0.3, -0.25) is 9.59 Å². The molecule has 0 unspecified atom stereocenters. The van der Waals surface area contributed by atoms with Crippen molar-refractivity contribution < 1.29 is 19.0 Å². The number of rotatable bonds is 5. The lowest BCUT2D eigenvalue weighted by atomic mass is 10.00. The average molecular weight is 435 g/mol. The SMILES string of the molecule is COc1ccc(C(=O)N[C@@H]2C(=O)N/[N+](=C\c3ccc(Cl)cc3)[C@H]2c2ccccc2)cc1. The average Bonchev–Trinajstić information content (AvgIpc) is 3.10. The molecule has 0 radical (unpaired) electrons. The van der Waals surface area contributed by atoms with Crippen LogP contribution in [0.4, 0.5) is 0 Å². The van der Waals surface area contributed by atoms with Crippen molar-refractivity contribution in [3.8, 4) is 5.75 Å². The van der Waals surface area contributed by atoms with Crippen molar-refractivity contribution in [2.45, 2.75) is 12.1 Å². The van der Waals surface area contributed by atoms with Crippen LogP contribution in [0.15, 0.2) is 78.9 Å². The van der Waals surface area contributed by atoms with Gasteiger partial charge >= 0.3 is 5.91 Å². The number of benzene rings is 3. The standard InChI is InChI=1S/C24H20ClN3O3/c1-31-20-13-9-18(10-14-20)23(29)26-21-22(17-5-3-2-4-6-17)28(27-24(21)30)15-16-7-11-19(25)12-8-16/h2-15,21-22H,1H3,(H-,26,27,29,30)/p+1/b28-15-/t21-,22-/m0/s1. The number of methoxy groups -OCH3 is 1. The van der Waals surface area contributed by atoms with E-state index in [4.69, 9.17) is 16.3 Å². The van der Waals surface area contributed by atoms with E-state index in [1.165, 1.54) is 0 Å². The van der Waals surface area contributed by atoms with Crippen molar-refractivity contribution in [3.63, 3.8) is 0 Å². The molecule has 1 aliphatic heterocycles. The summed E-state index contributed by atoms with van der Waals surface area (Å²) < 4.78 is 6.86. The van der Waals surface area contributed by atoms with Gasteiger partial charge in [-0.25, -0.2) is 0 Å². The Balaban J connectivity index is 1.65. The third kappa shape index (κ3) is 4.59. The second-order valence-corrected chi connectivity index (χ2v) is 7.54. The minimum Gasteiger partial charge on any atom is -0.497 e. The Hall–Kier alpha value is -3.64. The normalized spacial score (nSPS) is 19.2. The van der Waals surface area contributed by atoms with Crippen molar-refractivity contribution in [1.29, 1.82) is 0 Å². The zero-order valence-corrected chi connectivity index (χ0v) is 17.5. The van der Waals surface area contributed by atoms with E-state index in [9.17, 15) is 9.59 Å². The quantitative estimate of drug-likeness (QED) is 0.605. The molecule has 1 saturated heterocycles. The Labute approximate surface area is 185 Å². The van der Waals surface area contributed by atoms with Gasteiger partial charge < -0.3 is 10.1 Å². The molecular formula is C24H21ClN3O3+. The van der Waals surface area contributed by atoms with E-state index in [1.54, 1.807) is 48.2 Å². The number of carbonyl (C=O) groups excluding carboxylic acids is 2. The monoisotopic (exact) mass is 434 g/mol. The molecule has 0 spiro atoms. The molecule has 1 heterocycles. The Morgan fingerprint density at radius 1 is 1.03 bits per heavy atom. The molecule has 4 rings (SSSR count). The van der Waals surface area contributed by atoms with E-state index in [-0.39, 0.29) is 11.8 Å². The molecule has 0 bridgehead atoms. The van der Waals surface area contributed by atoms with Gasteiger partial charge in [-0.15, -0.1) is 10.1 Å². The van der Waals surface area contributed by atoms with Crippen molar-refractivity contribution in [2.75, 3.05) is 7.11 Å². The van der Waals surface area contributed by atoms with Gasteiger partial charge in [0.15, 0.2) is 6.04 Å². The highest BCUT2D eigenvalue weighted by Crippen LogP contribution is 2.25. The molecule has 6 nitrogen and oxygen atoms in total. The van der Waals surface area contributed by atoms with Gasteiger partial charge in [-0.05, 0) is 48.5 Å². The lowest BCUT2D eigenvalue weighted by molar-refractivity contribution is -0.596. The van der Waals surface area contributed by atoms with Gasteiger partial charge in [-0.2, -0.15) is 0 Å². The maximum absolute atomic E-state index is 12.9. The Morgan fingerprint density at radius 3 is 2.35 bits per heavy atom. The highest BCUT2D eigenvalue weighted by atomic mass is 35.5. The number of nitrogens with zero attached hydrogens (tertiary/aromatic N) is 1. The number of hydrogen-bond donors (Lipinski definition) is 2. The number of carbonyl (C=O) groups is 2. The van der Waals surface area contributed by atoms with Crippen LogP contribution in [-0.2, 0) is 4.79 Å². The van der Waals surface area contributed by atoms with Gasteiger partial charge in [0.2, 0.25) is 12.3 Å². The van der Waals surface area contributed by atoms with E-state index in [0.717, 1.165) is 11.1 Å². The molecule has 7 heteroatoms. The zero-order valence-electron chi connectivity index (χ0n) is 16.8. The summed E-state index contributed by atoms with van der Waals surface area (Å²) in [4.78, 5) is 25.7. The minimum absolute atomic E-state index is 0.291. The van der Waals surface area contributed by atoms with E-state index in [0.29, 0.717) is 16.3 Å². The van der Waals surface area contributed by atoms with Gasteiger partial charge in [0.1, 0.15) is 5.75 Å². The minimum atomic E-state index is -0.777. The Kier molecular flexibility index (Phi) is 6.00. The summed E-state index contributed by atoms with van der Waals surface area (Å²) in [5.74, 6) is 0.0269. The molecule has 2 atom stereocenters. The molecule has 31 heavy (non-hydrogen) atoms. The van der Waals surface area contributed by atoms with Gasteiger partial charge in [-0.1, -0.05) is 41.9 Å². The maximum atomic E-state index is 12.9. The van der Waals surface area contributed by atoms with E-state index in [1.807, 2.05) is 48.7 Å². The predicted octanol–water partition coefficient (Wildman–Crippen LogP) is 3.36. The lowest BCUT2D eigenvalue weighted by Crippen LogP contribution is -2.42. The van der Waals surface area contributed by atoms with Crippen LogP contribution in [0.2, 0.25) is 5.02 Å². The van der Waals surface area contributed by atoms with Gasteiger partial charge in [0.05, 0.1) is 7.11 Å². The van der Waals surface area contributed by atoms with Crippen molar-refractivity contribution in [1.82, 2.24) is 10.7 Å². The van der Waals surface area contributed by atoms with Crippen molar-refractivity contribution in [2.24, 2.45) is 0 Å². The van der Waals surface area contributed by atoms with Crippen LogP contribution in [0, 0.1) is 0 Å². The molecule has 0 saturated carbocycles. The van der Waals surface area contributed by atoms with Gasteiger partial charge in [0.25, 0.3) is 5.91 Å². The van der Waals surface area contributed by atoms with Crippen LogP contribution in [0.3, 0.4) is 0 Å². The number of amides is 2. The van der Waals surface area contributed by atoms with Crippen LogP contribution in [0.5, 0.6) is 5.75 Å². The summed E-state index contributed by atoms with van der Waals surface area (Å²) in [5.41, 5.74) is 5.07. The second-order valence-electron chi connectivity index (χ2n) is 7.10. The molecule has 0 aromatic heterocycles. The summed E-state index contributed by atoms with van der Waals surface area (Å²) in [6, 6.07) is 22.4. The molecule has 156 valence electrons. The van der Waals surface area contributed by atoms with Crippen LogP contribution in [0.1, 0.15) is 27.5 Å². The third-order valence-corrected chi connectivity index (χ3v) is 5.33. The van der Waals surface area contributed by atoms with Crippen LogP contribution in [-0.4, -0.2) is 35.9 Å². The number of nitrogens with one attached hydrogen (secondary N) is 2. The summed E-state index contributed by atoms with van der Waals surface area (Å²) >= 11 is 5.98. The first-order chi connectivity index (χ1) is 15.0. The van der Waals surface area contributed by atoms with E-state index < -0.39 is 12.1 Å². The first kappa shape index (κ1) is 20.6. The number of hydrazine groups is 1. The first-order valence-electron chi connectivity index (χ1n) is 9.74. The number of hydrogen-bond acceptors (Lipinski definition) is 3. The highest BCUT2D eigenvalue weighted by molar-refractivity contribution is 6.30. The topological polar surface area (TPSA) is 70.4 Å². The molecule has 0 aliphatic carbocycles.